The molecular formula is C10H18N2O. The van der Waals surface area contributed by atoms with Crippen molar-refractivity contribution in [1.29, 1.82) is 0 Å². The Morgan fingerprint density at radius 3 is 3.08 bits per heavy atom. The third-order valence-electron chi connectivity index (χ3n) is 2.66. The van der Waals surface area contributed by atoms with Gasteiger partial charge in [-0.25, -0.2) is 0 Å². The molecular weight excluding hydrogens is 164 g/mol. The van der Waals surface area contributed by atoms with Crippen molar-refractivity contribution in [3.05, 3.63) is 11.6 Å². The van der Waals surface area contributed by atoms with Gasteiger partial charge < -0.3 is 15.0 Å². The maximum atomic E-state index is 5.37. The van der Waals surface area contributed by atoms with Crippen molar-refractivity contribution in [3.63, 3.8) is 0 Å². The lowest BCUT2D eigenvalue weighted by molar-refractivity contribution is 0.141. The lowest BCUT2D eigenvalue weighted by Crippen LogP contribution is -2.56. The summed E-state index contributed by atoms with van der Waals surface area (Å²) < 4.78 is 5.37. The van der Waals surface area contributed by atoms with Crippen molar-refractivity contribution in [2.75, 3.05) is 39.9 Å². The van der Waals surface area contributed by atoms with E-state index in [0.717, 1.165) is 26.2 Å². The number of likely N-dealkylation sites (tertiary alicyclic amines) is 1. The topological polar surface area (TPSA) is 24.5 Å². The zero-order valence-corrected chi connectivity index (χ0v) is 8.25. The minimum absolute atomic E-state index is 0.702. The zero-order valence-electron chi connectivity index (χ0n) is 8.25. The normalized spacial score (nSPS) is 25.5. The first-order valence-electron chi connectivity index (χ1n) is 5.02. The highest BCUT2D eigenvalue weighted by atomic mass is 16.5. The lowest BCUT2D eigenvalue weighted by atomic mass is 10.1. The highest BCUT2D eigenvalue weighted by Crippen LogP contribution is 2.07. The summed E-state index contributed by atoms with van der Waals surface area (Å²) in [6.45, 7) is 5.12. The third-order valence-corrected chi connectivity index (χ3v) is 2.66. The number of likely N-dealkylation sites (N-methyl/N-ethyl adjacent to an activating group) is 1. The molecule has 0 bridgehead atoms. The monoisotopic (exact) mass is 182 g/mol. The Morgan fingerprint density at radius 2 is 2.46 bits per heavy atom. The first-order valence-corrected chi connectivity index (χ1v) is 5.02. The van der Waals surface area contributed by atoms with Gasteiger partial charge in [0.25, 0.3) is 0 Å². The molecule has 1 saturated heterocycles. The molecule has 2 heterocycles. The van der Waals surface area contributed by atoms with Crippen LogP contribution in [0.5, 0.6) is 0 Å². The number of nitrogens with zero attached hydrogens (tertiary/aromatic N) is 1. The molecule has 1 N–H and O–H groups in total. The fourth-order valence-corrected chi connectivity index (χ4v) is 1.84. The van der Waals surface area contributed by atoms with E-state index in [1.807, 2.05) is 0 Å². The number of hydrogen-bond acceptors (Lipinski definition) is 3. The predicted molar refractivity (Wildman–Crippen MR) is 52.8 cm³/mol. The SMILES string of the molecule is CN1CC(NCC2=CCCOC2)C1. The Hall–Kier alpha value is -0.380. The van der Waals surface area contributed by atoms with Gasteiger partial charge in [-0.3, -0.25) is 0 Å². The minimum atomic E-state index is 0.702. The molecule has 0 radical (unpaired) electrons. The maximum Gasteiger partial charge on any atom is 0.0689 e. The number of ether oxygens (including phenoxy) is 1. The van der Waals surface area contributed by atoms with Crippen molar-refractivity contribution >= 4 is 0 Å². The van der Waals surface area contributed by atoms with Crippen LogP contribution in [-0.4, -0.2) is 50.8 Å². The van der Waals surface area contributed by atoms with E-state index in [1.54, 1.807) is 0 Å². The van der Waals surface area contributed by atoms with Crippen molar-refractivity contribution < 1.29 is 4.74 Å². The zero-order chi connectivity index (χ0) is 9.10. The Morgan fingerprint density at radius 1 is 1.62 bits per heavy atom. The van der Waals surface area contributed by atoms with Gasteiger partial charge in [0, 0.05) is 25.7 Å². The molecule has 0 saturated carbocycles. The van der Waals surface area contributed by atoms with Crippen LogP contribution in [0.15, 0.2) is 11.6 Å². The molecule has 3 nitrogen and oxygen atoms in total. The lowest BCUT2D eigenvalue weighted by Gasteiger charge is -2.37. The van der Waals surface area contributed by atoms with Gasteiger partial charge in [-0.2, -0.15) is 0 Å². The van der Waals surface area contributed by atoms with E-state index < -0.39 is 0 Å². The molecule has 2 aliphatic rings. The standard InChI is InChI=1S/C10H18N2O/c1-12-6-10(7-12)11-5-9-3-2-4-13-8-9/h3,10-11H,2,4-8H2,1H3. The van der Waals surface area contributed by atoms with Crippen LogP contribution in [-0.2, 0) is 4.74 Å². The molecule has 0 aromatic carbocycles. The predicted octanol–water partition coefficient (Wildman–Crippen LogP) is 0.237. The van der Waals surface area contributed by atoms with Gasteiger partial charge in [-0.05, 0) is 19.0 Å². The molecule has 13 heavy (non-hydrogen) atoms. The molecule has 0 aliphatic carbocycles. The molecule has 0 unspecified atom stereocenters. The fraction of sp³-hybridized carbons (Fsp3) is 0.800. The van der Waals surface area contributed by atoms with Crippen LogP contribution in [0.4, 0.5) is 0 Å². The molecule has 0 aromatic heterocycles. The summed E-state index contributed by atoms with van der Waals surface area (Å²) in [7, 11) is 2.15. The fourth-order valence-electron chi connectivity index (χ4n) is 1.84. The van der Waals surface area contributed by atoms with Crippen molar-refractivity contribution in [1.82, 2.24) is 10.2 Å². The Bertz CT molecular complexity index is 197. The third kappa shape index (κ3) is 2.53. The average Bonchev–Trinajstić information content (AvgIpc) is 2.12. The van der Waals surface area contributed by atoms with Crippen LogP contribution in [0.3, 0.4) is 0 Å². The molecule has 3 heteroatoms. The quantitative estimate of drug-likeness (QED) is 0.633. The van der Waals surface area contributed by atoms with E-state index in [-0.39, 0.29) is 0 Å². The van der Waals surface area contributed by atoms with E-state index in [4.69, 9.17) is 4.74 Å². The molecule has 1 fully saturated rings. The molecule has 0 amide bonds. The molecule has 2 rings (SSSR count). The Balaban J connectivity index is 1.64. The van der Waals surface area contributed by atoms with Gasteiger partial charge in [0.2, 0.25) is 0 Å². The number of nitrogens with one attached hydrogen (secondary N) is 1. The van der Waals surface area contributed by atoms with Gasteiger partial charge in [-0.15, -0.1) is 0 Å². The number of rotatable bonds is 3. The van der Waals surface area contributed by atoms with E-state index in [0.29, 0.717) is 6.04 Å². The molecule has 0 aromatic rings. The highest BCUT2D eigenvalue weighted by Gasteiger charge is 2.22. The van der Waals surface area contributed by atoms with Gasteiger partial charge in [0.1, 0.15) is 0 Å². The Kier molecular flexibility index (Phi) is 2.98. The summed E-state index contributed by atoms with van der Waals surface area (Å²) in [6, 6.07) is 0.702. The summed E-state index contributed by atoms with van der Waals surface area (Å²) >= 11 is 0. The van der Waals surface area contributed by atoms with Crippen molar-refractivity contribution in [3.8, 4) is 0 Å². The molecule has 0 spiro atoms. The molecule has 74 valence electrons. The second-order valence-corrected chi connectivity index (χ2v) is 4.00. The van der Waals surface area contributed by atoms with Crippen molar-refractivity contribution in [2.24, 2.45) is 0 Å². The summed E-state index contributed by atoms with van der Waals surface area (Å²) in [5.41, 5.74) is 1.42. The maximum absolute atomic E-state index is 5.37. The Labute approximate surface area is 79.7 Å². The van der Waals surface area contributed by atoms with Gasteiger partial charge in [0.05, 0.1) is 13.2 Å². The summed E-state index contributed by atoms with van der Waals surface area (Å²) in [5.74, 6) is 0. The summed E-state index contributed by atoms with van der Waals surface area (Å²) in [6.07, 6.45) is 3.39. The van der Waals surface area contributed by atoms with Crippen LogP contribution in [0, 0.1) is 0 Å². The van der Waals surface area contributed by atoms with Gasteiger partial charge in [-0.1, -0.05) is 6.08 Å². The van der Waals surface area contributed by atoms with E-state index >= 15 is 0 Å². The van der Waals surface area contributed by atoms with Crippen LogP contribution in [0.1, 0.15) is 6.42 Å². The highest BCUT2D eigenvalue weighted by molar-refractivity contribution is 5.07. The largest absolute Gasteiger partial charge is 0.377 e. The van der Waals surface area contributed by atoms with Gasteiger partial charge in [0.15, 0.2) is 0 Å². The second-order valence-electron chi connectivity index (χ2n) is 4.00. The second kappa shape index (κ2) is 4.22. The van der Waals surface area contributed by atoms with Crippen LogP contribution < -0.4 is 5.32 Å². The van der Waals surface area contributed by atoms with Crippen LogP contribution in [0.2, 0.25) is 0 Å². The summed E-state index contributed by atoms with van der Waals surface area (Å²) in [4.78, 5) is 2.32. The number of hydrogen-bond donors (Lipinski definition) is 1. The van der Waals surface area contributed by atoms with Gasteiger partial charge >= 0.3 is 0 Å². The van der Waals surface area contributed by atoms with Crippen LogP contribution in [0.25, 0.3) is 0 Å². The smallest absolute Gasteiger partial charge is 0.0689 e. The molecule has 2 aliphatic heterocycles. The van der Waals surface area contributed by atoms with Crippen molar-refractivity contribution in [2.45, 2.75) is 12.5 Å². The first kappa shape index (κ1) is 9.19. The van der Waals surface area contributed by atoms with E-state index in [1.165, 1.54) is 18.7 Å². The van der Waals surface area contributed by atoms with Crippen LogP contribution >= 0.6 is 0 Å². The summed E-state index contributed by atoms with van der Waals surface area (Å²) in [5, 5.41) is 3.53. The minimum Gasteiger partial charge on any atom is -0.377 e. The molecule has 0 atom stereocenters. The average molecular weight is 182 g/mol. The van der Waals surface area contributed by atoms with E-state index in [9.17, 15) is 0 Å². The first-order chi connectivity index (χ1) is 6.34. The van der Waals surface area contributed by atoms with E-state index in [2.05, 4.69) is 23.3 Å².